The van der Waals surface area contributed by atoms with Crippen molar-refractivity contribution < 1.29 is 4.74 Å². The van der Waals surface area contributed by atoms with E-state index in [0.717, 1.165) is 30.6 Å². The second-order valence-electron chi connectivity index (χ2n) is 5.31. The molecule has 17 heavy (non-hydrogen) atoms. The predicted molar refractivity (Wildman–Crippen MR) is 73.2 cm³/mol. The van der Waals surface area contributed by atoms with E-state index in [2.05, 4.69) is 26.8 Å². The molecule has 0 aromatic heterocycles. The molecule has 1 aromatic carbocycles. The molecule has 0 aliphatic rings. The molecule has 0 heterocycles. The minimum Gasteiger partial charge on any atom is -0.494 e. The Morgan fingerprint density at radius 2 is 2.00 bits per heavy atom. The fourth-order valence-electron chi connectivity index (χ4n) is 1.86. The van der Waals surface area contributed by atoms with Gasteiger partial charge in [-0.2, -0.15) is 0 Å². The predicted octanol–water partition coefficient (Wildman–Crippen LogP) is 4.72. The maximum absolute atomic E-state index is 5.67. The fourth-order valence-corrected chi connectivity index (χ4v) is 1.86. The molecule has 1 heteroatoms. The van der Waals surface area contributed by atoms with Crippen LogP contribution in [0.4, 0.5) is 0 Å². The summed E-state index contributed by atoms with van der Waals surface area (Å²) in [4.78, 5) is 0. The van der Waals surface area contributed by atoms with Crippen LogP contribution in [0.5, 0.6) is 5.75 Å². The molecular weight excluding hydrogens is 208 g/mol. The molecule has 0 aliphatic heterocycles. The van der Waals surface area contributed by atoms with Gasteiger partial charge >= 0.3 is 0 Å². The van der Waals surface area contributed by atoms with Gasteiger partial charge in [0, 0.05) is 0 Å². The van der Waals surface area contributed by atoms with Crippen LogP contribution in [0.1, 0.15) is 46.5 Å². The first-order chi connectivity index (χ1) is 8.18. The van der Waals surface area contributed by atoms with Crippen LogP contribution in [0.2, 0.25) is 0 Å². The Balaban J connectivity index is 2.06. The Labute approximate surface area is 106 Å². The van der Waals surface area contributed by atoms with Gasteiger partial charge in [-0.25, -0.2) is 0 Å². The lowest BCUT2D eigenvalue weighted by molar-refractivity contribution is 0.275. The van der Waals surface area contributed by atoms with E-state index >= 15 is 0 Å². The van der Waals surface area contributed by atoms with Crippen molar-refractivity contribution in [1.82, 2.24) is 0 Å². The van der Waals surface area contributed by atoms with Gasteiger partial charge in [-0.15, -0.1) is 0 Å². The summed E-state index contributed by atoms with van der Waals surface area (Å²) in [6.07, 6.45) is 5.16. The Bertz CT molecular complexity index is 279. The smallest absolute Gasteiger partial charge is 0.119 e. The minimum absolute atomic E-state index is 0.765. The van der Waals surface area contributed by atoms with Crippen molar-refractivity contribution in [3.8, 4) is 5.75 Å². The normalized spacial score (nSPS) is 12.7. The summed E-state index contributed by atoms with van der Waals surface area (Å²) in [6.45, 7) is 7.72. The van der Waals surface area contributed by atoms with Crippen LogP contribution in [-0.2, 0) is 0 Å². The zero-order valence-electron chi connectivity index (χ0n) is 11.4. The van der Waals surface area contributed by atoms with Gasteiger partial charge in [-0.3, -0.25) is 0 Å². The number of benzene rings is 1. The van der Waals surface area contributed by atoms with Crippen LogP contribution in [0, 0.1) is 17.9 Å². The maximum atomic E-state index is 5.67. The van der Waals surface area contributed by atoms with Crippen LogP contribution in [0.15, 0.2) is 24.3 Å². The lowest BCUT2D eigenvalue weighted by atomic mass is 9.98. The lowest BCUT2D eigenvalue weighted by Crippen LogP contribution is -2.04. The van der Waals surface area contributed by atoms with Gasteiger partial charge in [0.05, 0.1) is 6.61 Å². The van der Waals surface area contributed by atoms with Crippen molar-refractivity contribution in [3.63, 3.8) is 0 Å². The summed E-state index contributed by atoms with van der Waals surface area (Å²) in [6, 6.07) is 10.7. The van der Waals surface area contributed by atoms with Gasteiger partial charge in [-0.1, -0.05) is 52.2 Å². The Morgan fingerprint density at radius 3 is 2.65 bits per heavy atom. The third kappa shape index (κ3) is 7.04. The van der Waals surface area contributed by atoms with E-state index in [1.54, 1.807) is 0 Å². The zero-order chi connectivity index (χ0) is 12.5. The molecule has 0 amide bonds. The highest BCUT2D eigenvalue weighted by Crippen LogP contribution is 2.16. The standard InChI is InChI=1S/C16H25O/c1-14(2)8-7-9-15(3)12-13-17-16-10-5-4-6-11-16/h4-5,10-11,14-15H,7-9,12-13H2,1-3H3. The number of rotatable bonds is 8. The Hall–Kier alpha value is -0.980. The van der Waals surface area contributed by atoms with Crippen LogP contribution in [-0.4, -0.2) is 6.61 Å². The molecule has 1 rings (SSSR count). The number of hydrogen-bond acceptors (Lipinski definition) is 1. The largest absolute Gasteiger partial charge is 0.494 e. The molecule has 0 spiro atoms. The first-order valence-electron chi connectivity index (χ1n) is 6.77. The first kappa shape index (κ1) is 14.1. The minimum atomic E-state index is 0.765. The first-order valence-corrected chi connectivity index (χ1v) is 6.77. The summed E-state index contributed by atoms with van der Waals surface area (Å²) in [5.74, 6) is 2.53. The van der Waals surface area contributed by atoms with Crippen molar-refractivity contribution in [2.24, 2.45) is 11.8 Å². The summed E-state index contributed by atoms with van der Waals surface area (Å²) < 4.78 is 5.67. The summed E-state index contributed by atoms with van der Waals surface area (Å²) >= 11 is 0. The second kappa shape index (κ2) is 8.16. The summed E-state index contributed by atoms with van der Waals surface area (Å²) in [7, 11) is 0. The van der Waals surface area contributed by atoms with E-state index in [1.165, 1.54) is 19.3 Å². The van der Waals surface area contributed by atoms with Gasteiger partial charge in [0.1, 0.15) is 5.75 Å². The zero-order valence-corrected chi connectivity index (χ0v) is 11.4. The van der Waals surface area contributed by atoms with E-state index in [4.69, 9.17) is 4.74 Å². The molecule has 1 aromatic rings. The highest BCUT2D eigenvalue weighted by atomic mass is 16.5. The Kier molecular flexibility index (Phi) is 6.76. The third-order valence-electron chi connectivity index (χ3n) is 3.04. The average Bonchev–Trinajstić information content (AvgIpc) is 2.30. The van der Waals surface area contributed by atoms with E-state index in [9.17, 15) is 0 Å². The van der Waals surface area contributed by atoms with Crippen LogP contribution in [0.25, 0.3) is 0 Å². The van der Waals surface area contributed by atoms with Gasteiger partial charge in [0.25, 0.3) is 0 Å². The molecule has 1 nitrogen and oxygen atoms in total. The van der Waals surface area contributed by atoms with E-state index in [0.29, 0.717) is 0 Å². The summed E-state index contributed by atoms with van der Waals surface area (Å²) in [5, 5.41) is 0. The molecular formula is C16H25O. The lowest BCUT2D eigenvalue weighted by Gasteiger charge is -2.13. The monoisotopic (exact) mass is 233 g/mol. The van der Waals surface area contributed by atoms with Crippen LogP contribution >= 0.6 is 0 Å². The van der Waals surface area contributed by atoms with Crippen molar-refractivity contribution in [2.45, 2.75) is 46.5 Å². The van der Waals surface area contributed by atoms with E-state index in [-0.39, 0.29) is 0 Å². The molecule has 1 unspecified atom stereocenters. The second-order valence-corrected chi connectivity index (χ2v) is 5.31. The van der Waals surface area contributed by atoms with Gasteiger partial charge < -0.3 is 4.74 Å². The SMILES string of the molecule is CC(C)CCCC(C)CCOc1c[c]ccc1. The number of hydrogen-bond donors (Lipinski definition) is 0. The van der Waals surface area contributed by atoms with Gasteiger partial charge in [0.15, 0.2) is 0 Å². The fraction of sp³-hybridized carbons (Fsp3) is 0.625. The molecule has 95 valence electrons. The third-order valence-corrected chi connectivity index (χ3v) is 3.04. The van der Waals surface area contributed by atoms with Crippen molar-refractivity contribution in [3.05, 3.63) is 30.3 Å². The topological polar surface area (TPSA) is 9.23 Å². The summed E-state index contributed by atoms with van der Waals surface area (Å²) in [5.41, 5.74) is 0. The van der Waals surface area contributed by atoms with Crippen molar-refractivity contribution in [2.75, 3.05) is 6.61 Å². The molecule has 0 bridgehead atoms. The maximum Gasteiger partial charge on any atom is 0.119 e. The molecule has 0 aliphatic carbocycles. The molecule has 0 N–H and O–H groups in total. The molecule has 1 atom stereocenters. The van der Waals surface area contributed by atoms with Gasteiger partial charge in [-0.05, 0) is 36.5 Å². The highest BCUT2D eigenvalue weighted by molar-refractivity contribution is 5.19. The van der Waals surface area contributed by atoms with E-state index in [1.807, 2.05) is 24.3 Å². The quantitative estimate of drug-likeness (QED) is 0.631. The Morgan fingerprint density at radius 1 is 1.18 bits per heavy atom. The van der Waals surface area contributed by atoms with Crippen LogP contribution < -0.4 is 4.74 Å². The van der Waals surface area contributed by atoms with Crippen molar-refractivity contribution in [1.29, 1.82) is 0 Å². The average molecular weight is 233 g/mol. The molecule has 0 saturated carbocycles. The van der Waals surface area contributed by atoms with Crippen molar-refractivity contribution >= 4 is 0 Å². The highest BCUT2D eigenvalue weighted by Gasteiger charge is 2.03. The van der Waals surface area contributed by atoms with Crippen LogP contribution in [0.3, 0.4) is 0 Å². The molecule has 1 radical (unpaired) electrons. The molecule has 0 fully saturated rings. The number of ether oxygens (including phenoxy) is 1. The van der Waals surface area contributed by atoms with E-state index < -0.39 is 0 Å². The molecule has 0 saturated heterocycles. The van der Waals surface area contributed by atoms with Gasteiger partial charge in [0.2, 0.25) is 0 Å².